The van der Waals surface area contributed by atoms with E-state index in [-0.39, 0.29) is 25.5 Å². The predicted molar refractivity (Wildman–Crippen MR) is 152 cm³/mol. The minimum atomic E-state index is 0. The SMILES string of the molecule is Cc1c[c-]c(-c2nccc3ccccc23)cc1.Cc1cc2c(-c3[c-]cc(C(C)(C)C)cc3)nccc2o1.[Ir]. The van der Waals surface area contributed by atoms with Crippen molar-refractivity contribution >= 4 is 21.7 Å². The van der Waals surface area contributed by atoms with E-state index in [2.05, 4.69) is 92.3 Å². The van der Waals surface area contributed by atoms with Crippen molar-refractivity contribution < 1.29 is 24.5 Å². The summed E-state index contributed by atoms with van der Waals surface area (Å²) in [6, 6.07) is 33.4. The average Bonchev–Trinajstić information content (AvgIpc) is 3.29. The van der Waals surface area contributed by atoms with E-state index in [0.717, 1.165) is 39.2 Å². The van der Waals surface area contributed by atoms with Crippen LogP contribution in [0.5, 0.6) is 0 Å². The molecule has 193 valence electrons. The smallest absolute Gasteiger partial charge is 0.128 e. The minimum absolute atomic E-state index is 0. The Morgan fingerprint density at radius 1 is 0.711 bits per heavy atom. The molecule has 0 saturated heterocycles. The number of hydrogen-bond donors (Lipinski definition) is 0. The Kier molecular flexibility index (Phi) is 8.25. The van der Waals surface area contributed by atoms with Gasteiger partial charge in [-0.15, -0.1) is 70.8 Å². The van der Waals surface area contributed by atoms with Crippen molar-refractivity contribution in [2.24, 2.45) is 0 Å². The fourth-order valence-electron chi connectivity index (χ4n) is 4.33. The third-order valence-electron chi connectivity index (χ3n) is 6.40. The molecule has 0 aliphatic rings. The molecule has 3 aromatic heterocycles. The topological polar surface area (TPSA) is 38.9 Å². The molecule has 0 atom stereocenters. The fraction of sp³-hybridized carbons (Fsp3) is 0.176. The molecule has 6 aromatic rings. The van der Waals surface area contributed by atoms with Crippen LogP contribution in [0.3, 0.4) is 0 Å². The van der Waals surface area contributed by atoms with Crippen molar-refractivity contribution in [1.82, 2.24) is 9.97 Å². The maximum absolute atomic E-state index is 5.65. The van der Waals surface area contributed by atoms with Crippen LogP contribution in [-0.4, -0.2) is 9.97 Å². The van der Waals surface area contributed by atoms with Crippen molar-refractivity contribution in [2.75, 3.05) is 0 Å². The molecule has 1 radical (unpaired) electrons. The van der Waals surface area contributed by atoms with E-state index in [0.29, 0.717) is 0 Å². The van der Waals surface area contributed by atoms with Gasteiger partial charge in [-0.25, -0.2) is 0 Å². The zero-order valence-corrected chi connectivity index (χ0v) is 24.7. The van der Waals surface area contributed by atoms with Gasteiger partial charge in [0.15, 0.2) is 0 Å². The second-order valence-electron chi connectivity index (χ2n) is 10.3. The zero-order chi connectivity index (χ0) is 26.0. The molecule has 38 heavy (non-hydrogen) atoms. The zero-order valence-electron chi connectivity index (χ0n) is 22.3. The quantitative estimate of drug-likeness (QED) is 0.172. The molecule has 0 aliphatic heterocycles. The molecule has 0 unspecified atom stereocenters. The Labute approximate surface area is 238 Å². The van der Waals surface area contributed by atoms with Crippen LogP contribution in [-0.2, 0) is 25.5 Å². The van der Waals surface area contributed by atoms with E-state index in [1.165, 1.54) is 21.9 Å². The minimum Gasteiger partial charge on any atom is -0.462 e. The maximum Gasteiger partial charge on any atom is 0.128 e. The van der Waals surface area contributed by atoms with E-state index < -0.39 is 0 Å². The van der Waals surface area contributed by atoms with Gasteiger partial charge < -0.3 is 14.4 Å². The summed E-state index contributed by atoms with van der Waals surface area (Å²) in [5.74, 6) is 0.903. The van der Waals surface area contributed by atoms with Crippen molar-refractivity contribution in [3.63, 3.8) is 0 Å². The van der Waals surface area contributed by atoms with Crippen molar-refractivity contribution in [2.45, 2.75) is 40.0 Å². The molecular formula is C34H30IrN2O-2. The molecule has 4 heteroatoms. The van der Waals surface area contributed by atoms with Gasteiger partial charge in [-0.1, -0.05) is 52.0 Å². The average molecular weight is 675 g/mol. The summed E-state index contributed by atoms with van der Waals surface area (Å²) in [7, 11) is 0. The first kappa shape index (κ1) is 27.4. The number of rotatable bonds is 2. The van der Waals surface area contributed by atoms with E-state index in [1.54, 1.807) is 6.20 Å². The monoisotopic (exact) mass is 675 g/mol. The molecule has 0 spiro atoms. The van der Waals surface area contributed by atoms with Crippen LogP contribution in [0.4, 0.5) is 0 Å². The molecule has 0 amide bonds. The van der Waals surface area contributed by atoms with Crippen LogP contribution >= 0.6 is 0 Å². The number of pyridine rings is 2. The summed E-state index contributed by atoms with van der Waals surface area (Å²) < 4.78 is 5.65. The second-order valence-corrected chi connectivity index (χ2v) is 10.3. The third kappa shape index (κ3) is 5.93. The normalized spacial score (nSPS) is 11.1. The molecule has 3 aromatic carbocycles. The molecule has 0 fully saturated rings. The van der Waals surface area contributed by atoms with Gasteiger partial charge in [0, 0.05) is 37.9 Å². The van der Waals surface area contributed by atoms with Gasteiger partial charge in [0.05, 0.1) is 0 Å². The van der Waals surface area contributed by atoms with E-state index in [4.69, 9.17) is 4.42 Å². The summed E-state index contributed by atoms with van der Waals surface area (Å²) in [6.07, 6.45) is 3.64. The first-order valence-electron chi connectivity index (χ1n) is 12.5. The Balaban J connectivity index is 0.000000174. The molecule has 0 aliphatic carbocycles. The number of benzene rings is 3. The summed E-state index contributed by atoms with van der Waals surface area (Å²) in [6.45, 7) is 10.6. The number of hydrogen-bond acceptors (Lipinski definition) is 3. The van der Waals surface area contributed by atoms with Crippen LogP contribution in [0.25, 0.3) is 44.3 Å². The van der Waals surface area contributed by atoms with Crippen LogP contribution in [0.2, 0.25) is 0 Å². The molecular weight excluding hydrogens is 645 g/mol. The number of aryl methyl sites for hydroxylation is 2. The molecule has 0 saturated carbocycles. The number of furan rings is 1. The van der Waals surface area contributed by atoms with Crippen LogP contribution in [0.15, 0.2) is 95.7 Å². The Hall–Kier alpha value is -3.59. The second kappa shape index (κ2) is 11.4. The van der Waals surface area contributed by atoms with Crippen molar-refractivity contribution in [3.8, 4) is 22.5 Å². The first-order chi connectivity index (χ1) is 17.8. The van der Waals surface area contributed by atoms with Crippen LogP contribution in [0.1, 0.15) is 37.7 Å². The standard InChI is InChI=1S/C18H18NO.C16H12N.Ir/c1-12-11-15-16(20-12)9-10-19-17(15)13-5-7-14(8-6-13)18(2,3)4;1-12-6-8-14(9-7-12)16-15-5-3-2-4-13(15)10-11-17-16;/h5,7-11H,1-4H3;2-8,10-11H,1H3;/q2*-1;. The molecule has 3 heterocycles. The van der Waals surface area contributed by atoms with E-state index >= 15 is 0 Å². The number of aromatic nitrogens is 2. The fourth-order valence-corrected chi connectivity index (χ4v) is 4.33. The Bertz CT molecular complexity index is 1650. The van der Waals surface area contributed by atoms with Crippen LogP contribution in [0, 0.1) is 26.0 Å². The van der Waals surface area contributed by atoms with Gasteiger partial charge >= 0.3 is 0 Å². The summed E-state index contributed by atoms with van der Waals surface area (Å²) in [5.41, 5.74) is 7.49. The Morgan fingerprint density at radius 3 is 2.03 bits per heavy atom. The predicted octanol–water partition coefficient (Wildman–Crippen LogP) is 8.91. The summed E-state index contributed by atoms with van der Waals surface area (Å²) in [5, 5.41) is 3.44. The Morgan fingerprint density at radius 2 is 1.37 bits per heavy atom. The largest absolute Gasteiger partial charge is 0.462 e. The van der Waals surface area contributed by atoms with E-state index in [1.807, 2.05) is 49.5 Å². The molecule has 6 rings (SSSR count). The van der Waals surface area contributed by atoms with E-state index in [9.17, 15) is 0 Å². The number of nitrogens with zero attached hydrogens (tertiary/aromatic N) is 2. The van der Waals surface area contributed by atoms with Gasteiger partial charge in [-0.05, 0) is 52.7 Å². The summed E-state index contributed by atoms with van der Waals surface area (Å²) in [4.78, 5) is 8.97. The van der Waals surface area contributed by atoms with Gasteiger partial charge in [0.25, 0.3) is 0 Å². The number of fused-ring (bicyclic) bond motifs is 2. The first-order valence-corrected chi connectivity index (χ1v) is 12.5. The summed E-state index contributed by atoms with van der Waals surface area (Å²) >= 11 is 0. The van der Waals surface area contributed by atoms with Gasteiger partial charge in [0.1, 0.15) is 11.3 Å². The third-order valence-corrected chi connectivity index (χ3v) is 6.40. The molecule has 0 bridgehead atoms. The van der Waals surface area contributed by atoms with Crippen molar-refractivity contribution in [1.29, 1.82) is 0 Å². The van der Waals surface area contributed by atoms with Gasteiger partial charge in [0.2, 0.25) is 0 Å². The molecule has 0 N–H and O–H groups in total. The van der Waals surface area contributed by atoms with Gasteiger partial charge in [-0.2, -0.15) is 0 Å². The van der Waals surface area contributed by atoms with Crippen molar-refractivity contribution in [3.05, 3.63) is 120 Å². The molecule has 3 nitrogen and oxygen atoms in total. The maximum atomic E-state index is 5.65. The van der Waals surface area contributed by atoms with Gasteiger partial charge in [-0.3, -0.25) is 0 Å². The van der Waals surface area contributed by atoms with Crippen LogP contribution < -0.4 is 0 Å².